The zero-order valence-corrected chi connectivity index (χ0v) is 11.1. The lowest BCUT2D eigenvalue weighted by Gasteiger charge is -2.17. The fourth-order valence-electron chi connectivity index (χ4n) is 1.69. The lowest BCUT2D eigenvalue weighted by Crippen LogP contribution is -2.30. The predicted octanol–water partition coefficient (Wildman–Crippen LogP) is 2.36. The van der Waals surface area contributed by atoms with Gasteiger partial charge < -0.3 is 10.2 Å². The molecule has 0 radical (unpaired) electrons. The Morgan fingerprint density at radius 3 is 2.75 bits per heavy atom. The summed E-state index contributed by atoms with van der Waals surface area (Å²) in [5.74, 6) is -1.95. The van der Waals surface area contributed by atoms with Crippen molar-refractivity contribution in [2.24, 2.45) is 7.05 Å². The van der Waals surface area contributed by atoms with Gasteiger partial charge in [0.2, 0.25) is 0 Å². The number of aromatic nitrogens is 2. The van der Waals surface area contributed by atoms with Crippen molar-refractivity contribution in [3.05, 3.63) is 47.8 Å². The number of hydrogen-bond donors (Lipinski definition) is 1. The van der Waals surface area contributed by atoms with E-state index in [0.717, 1.165) is 17.7 Å². The molecule has 2 aromatic rings. The van der Waals surface area contributed by atoms with Crippen LogP contribution in [0.2, 0.25) is 0 Å². The van der Waals surface area contributed by atoms with Crippen molar-refractivity contribution in [3.8, 4) is 0 Å². The van der Waals surface area contributed by atoms with Crippen LogP contribution in [0.4, 0.5) is 19.3 Å². The smallest absolute Gasteiger partial charge is 0.321 e. The van der Waals surface area contributed by atoms with Gasteiger partial charge in [0.15, 0.2) is 11.6 Å². The highest BCUT2D eigenvalue weighted by atomic mass is 19.2. The van der Waals surface area contributed by atoms with E-state index in [4.69, 9.17) is 0 Å². The molecule has 7 heteroatoms. The largest absolute Gasteiger partial charge is 0.323 e. The zero-order chi connectivity index (χ0) is 14.7. The van der Waals surface area contributed by atoms with Gasteiger partial charge in [-0.2, -0.15) is 5.10 Å². The Balaban J connectivity index is 1.98. The first kappa shape index (κ1) is 14.0. The summed E-state index contributed by atoms with van der Waals surface area (Å²) >= 11 is 0. The number of aryl methyl sites for hydroxylation is 1. The number of rotatable bonds is 3. The second kappa shape index (κ2) is 5.68. The molecule has 0 bridgehead atoms. The second-order valence-electron chi connectivity index (χ2n) is 4.44. The monoisotopic (exact) mass is 280 g/mol. The maximum Gasteiger partial charge on any atom is 0.321 e. The number of hydrogen-bond acceptors (Lipinski definition) is 2. The summed E-state index contributed by atoms with van der Waals surface area (Å²) in [4.78, 5) is 13.3. The van der Waals surface area contributed by atoms with E-state index < -0.39 is 17.7 Å². The summed E-state index contributed by atoms with van der Waals surface area (Å²) in [7, 11) is 3.38. The lowest BCUT2D eigenvalue weighted by molar-refractivity contribution is 0.220. The van der Waals surface area contributed by atoms with E-state index in [1.54, 1.807) is 31.2 Å². The fourth-order valence-corrected chi connectivity index (χ4v) is 1.69. The number of nitrogens with zero attached hydrogens (tertiary/aromatic N) is 3. The number of halogens is 2. The molecule has 0 unspecified atom stereocenters. The summed E-state index contributed by atoms with van der Waals surface area (Å²) < 4.78 is 27.4. The molecule has 0 aliphatic heterocycles. The van der Waals surface area contributed by atoms with Crippen molar-refractivity contribution in [3.63, 3.8) is 0 Å². The molecule has 106 valence electrons. The molecular weight excluding hydrogens is 266 g/mol. The average Bonchev–Trinajstić information content (AvgIpc) is 2.79. The first-order valence-corrected chi connectivity index (χ1v) is 5.90. The Morgan fingerprint density at radius 1 is 1.40 bits per heavy atom. The SMILES string of the molecule is CN(Cc1cnn(C)c1)C(=O)Nc1ccc(F)c(F)c1. The molecule has 1 aromatic heterocycles. The maximum absolute atomic E-state index is 13.0. The van der Waals surface area contributed by atoms with Gasteiger partial charge in [0.25, 0.3) is 0 Å². The van der Waals surface area contributed by atoms with E-state index in [9.17, 15) is 13.6 Å². The van der Waals surface area contributed by atoms with Gasteiger partial charge in [-0.25, -0.2) is 13.6 Å². The minimum Gasteiger partial charge on any atom is -0.323 e. The summed E-state index contributed by atoms with van der Waals surface area (Å²) in [6.45, 7) is 0.364. The average molecular weight is 280 g/mol. The second-order valence-corrected chi connectivity index (χ2v) is 4.44. The van der Waals surface area contributed by atoms with Crippen LogP contribution < -0.4 is 5.32 Å². The Bertz CT molecular complexity index is 627. The summed E-state index contributed by atoms with van der Waals surface area (Å²) in [5.41, 5.74) is 1.07. The van der Waals surface area contributed by atoms with E-state index in [1.807, 2.05) is 0 Å². The minimum absolute atomic E-state index is 0.201. The molecule has 0 aliphatic rings. The number of benzene rings is 1. The zero-order valence-electron chi connectivity index (χ0n) is 11.1. The Hall–Kier alpha value is -2.44. The molecule has 1 aromatic carbocycles. The van der Waals surface area contributed by atoms with Gasteiger partial charge >= 0.3 is 6.03 Å². The molecule has 0 saturated heterocycles. The van der Waals surface area contributed by atoms with E-state index >= 15 is 0 Å². The van der Waals surface area contributed by atoms with Gasteiger partial charge in [-0.3, -0.25) is 4.68 Å². The van der Waals surface area contributed by atoms with E-state index in [1.165, 1.54) is 11.0 Å². The van der Waals surface area contributed by atoms with Gasteiger partial charge in [0.05, 0.1) is 12.7 Å². The molecule has 5 nitrogen and oxygen atoms in total. The van der Waals surface area contributed by atoms with Crippen molar-refractivity contribution >= 4 is 11.7 Å². The predicted molar refractivity (Wildman–Crippen MR) is 70.1 cm³/mol. The first-order chi connectivity index (χ1) is 9.45. The highest BCUT2D eigenvalue weighted by Crippen LogP contribution is 2.14. The Labute approximate surface area is 114 Å². The van der Waals surface area contributed by atoms with E-state index in [-0.39, 0.29) is 5.69 Å². The van der Waals surface area contributed by atoms with E-state index in [0.29, 0.717) is 6.54 Å². The van der Waals surface area contributed by atoms with Crippen molar-refractivity contribution in [2.45, 2.75) is 6.54 Å². The number of nitrogens with one attached hydrogen (secondary N) is 1. The Morgan fingerprint density at radius 2 is 2.15 bits per heavy atom. The van der Waals surface area contributed by atoms with Crippen LogP contribution in [0.15, 0.2) is 30.6 Å². The minimum atomic E-state index is -1.00. The summed E-state index contributed by atoms with van der Waals surface area (Å²) in [5, 5.41) is 6.49. The van der Waals surface area contributed by atoms with Crippen LogP contribution in [-0.2, 0) is 13.6 Å². The van der Waals surface area contributed by atoms with Gasteiger partial charge in [-0.05, 0) is 12.1 Å². The molecular formula is C13H14F2N4O. The van der Waals surface area contributed by atoms with Crippen LogP contribution in [0.3, 0.4) is 0 Å². The topological polar surface area (TPSA) is 50.2 Å². The molecule has 0 aliphatic carbocycles. The van der Waals surface area contributed by atoms with Crippen LogP contribution in [0.25, 0.3) is 0 Å². The summed E-state index contributed by atoms with van der Waals surface area (Å²) in [6, 6.07) is 2.78. The standard InChI is InChI=1S/C13H14F2N4O/c1-18(7-9-6-16-19(2)8-9)13(20)17-10-3-4-11(14)12(15)5-10/h3-6,8H,7H2,1-2H3,(H,17,20). The molecule has 1 N–H and O–H groups in total. The number of amides is 2. The molecule has 0 atom stereocenters. The molecule has 2 rings (SSSR count). The van der Waals surface area contributed by atoms with Crippen molar-refractivity contribution in [1.29, 1.82) is 0 Å². The molecule has 20 heavy (non-hydrogen) atoms. The normalized spacial score (nSPS) is 10.4. The maximum atomic E-state index is 13.0. The molecule has 1 heterocycles. The first-order valence-electron chi connectivity index (χ1n) is 5.90. The third-order valence-electron chi connectivity index (χ3n) is 2.70. The highest BCUT2D eigenvalue weighted by Gasteiger charge is 2.11. The Kier molecular flexibility index (Phi) is 3.97. The fraction of sp³-hybridized carbons (Fsp3) is 0.231. The van der Waals surface area contributed by atoms with Crippen LogP contribution in [0, 0.1) is 11.6 Å². The third kappa shape index (κ3) is 3.31. The lowest BCUT2D eigenvalue weighted by atomic mass is 10.3. The van der Waals surface area contributed by atoms with Crippen molar-refractivity contribution in [2.75, 3.05) is 12.4 Å². The number of carbonyl (C=O) groups is 1. The number of anilines is 1. The third-order valence-corrected chi connectivity index (χ3v) is 2.70. The molecule has 0 fully saturated rings. The molecule has 0 saturated carbocycles. The van der Waals surface area contributed by atoms with Crippen molar-refractivity contribution in [1.82, 2.24) is 14.7 Å². The summed E-state index contributed by atoms with van der Waals surface area (Å²) in [6.07, 6.45) is 3.45. The van der Waals surface area contributed by atoms with Crippen LogP contribution >= 0.6 is 0 Å². The highest BCUT2D eigenvalue weighted by molar-refractivity contribution is 5.89. The van der Waals surface area contributed by atoms with Gasteiger partial charge in [-0.1, -0.05) is 0 Å². The molecule has 0 spiro atoms. The van der Waals surface area contributed by atoms with E-state index in [2.05, 4.69) is 10.4 Å². The van der Waals surface area contributed by atoms with Gasteiger partial charge in [0, 0.05) is 37.6 Å². The van der Waals surface area contributed by atoms with Crippen molar-refractivity contribution < 1.29 is 13.6 Å². The number of urea groups is 1. The van der Waals surface area contributed by atoms with Gasteiger partial charge in [0.1, 0.15) is 0 Å². The van der Waals surface area contributed by atoms with Gasteiger partial charge in [-0.15, -0.1) is 0 Å². The number of carbonyl (C=O) groups excluding carboxylic acids is 1. The van der Waals surface area contributed by atoms with Crippen LogP contribution in [0.1, 0.15) is 5.56 Å². The van der Waals surface area contributed by atoms with Crippen LogP contribution in [0.5, 0.6) is 0 Å². The quantitative estimate of drug-likeness (QED) is 0.938. The molecule has 2 amide bonds. The van der Waals surface area contributed by atoms with Crippen LogP contribution in [-0.4, -0.2) is 27.8 Å².